The van der Waals surface area contributed by atoms with Gasteiger partial charge in [-0.3, -0.25) is 0 Å². The van der Waals surface area contributed by atoms with Crippen molar-refractivity contribution in [2.75, 3.05) is 13.2 Å². The van der Waals surface area contributed by atoms with Gasteiger partial charge in [-0.2, -0.15) is 15.8 Å². The number of hydrogen-bond donors (Lipinski definition) is 1. The lowest BCUT2D eigenvalue weighted by Crippen LogP contribution is -2.44. The molecule has 0 saturated heterocycles. The van der Waals surface area contributed by atoms with Gasteiger partial charge in [0.1, 0.15) is 11.9 Å². The molecule has 118 valence electrons. The molecule has 0 unspecified atom stereocenters. The van der Waals surface area contributed by atoms with E-state index in [9.17, 15) is 20.2 Å². The van der Waals surface area contributed by atoms with Gasteiger partial charge in [0.2, 0.25) is 0 Å². The summed E-state index contributed by atoms with van der Waals surface area (Å²) in [5.41, 5.74) is 5.83. The summed E-state index contributed by atoms with van der Waals surface area (Å²) in [5, 5.41) is 29.0. The molecule has 5 nitrogen and oxygen atoms in total. The fourth-order valence-corrected chi connectivity index (χ4v) is 3.53. The Hall–Kier alpha value is -3.14. The van der Waals surface area contributed by atoms with Gasteiger partial charge in [-0.15, -0.1) is 0 Å². The van der Waals surface area contributed by atoms with Crippen LogP contribution >= 0.6 is 0 Å². The van der Waals surface area contributed by atoms with Crippen molar-refractivity contribution in [3.05, 3.63) is 58.6 Å². The van der Waals surface area contributed by atoms with Crippen molar-refractivity contribution in [2.45, 2.75) is 5.92 Å². The molecule has 0 aromatic heterocycles. The Morgan fingerprint density at radius 3 is 2.42 bits per heavy atom. The van der Waals surface area contributed by atoms with E-state index in [1.54, 1.807) is 18.2 Å². The lowest BCUT2D eigenvalue weighted by atomic mass is 9.58. The van der Waals surface area contributed by atoms with Crippen molar-refractivity contribution < 1.29 is 9.13 Å². The minimum absolute atomic E-state index is 0.0475. The molecule has 24 heavy (non-hydrogen) atoms. The van der Waals surface area contributed by atoms with E-state index in [1.165, 1.54) is 12.1 Å². The first-order valence-electron chi connectivity index (χ1n) is 7.35. The van der Waals surface area contributed by atoms with E-state index in [0.717, 1.165) is 0 Å². The molecule has 2 atom stereocenters. The quantitative estimate of drug-likeness (QED) is 0.854. The van der Waals surface area contributed by atoms with E-state index in [2.05, 4.69) is 0 Å². The molecule has 2 aliphatic rings. The van der Waals surface area contributed by atoms with Crippen LogP contribution in [0.5, 0.6) is 0 Å². The molecule has 1 aromatic rings. The summed E-state index contributed by atoms with van der Waals surface area (Å²) in [5.74, 6) is -1.42. The number of nitrogens with zero attached hydrogens (tertiary/aromatic N) is 3. The first-order valence-corrected chi connectivity index (χ1v) is 7.35. The number of nitrogens with two attached hydrogens (primary N) is 1. The zero-order valence-corrected chi connectivity index (χ0v) is 12.7. The molecule has 0 spiro atoms. The fourth-order valence-electron chi connectivity index (χ4n) is 3.53. The van der Waals surface area contributed by atoms with Crippen LogP contribution in [0.15, 0.2) is 47.2 Å². The van der Waals surface area contributed by atoms with E-state index in [4.69, 9.17) is 10.5 Å². The van der Waals surface area contributed by atoms with Crippen molar-refractivity contribution in [2.24, 2.45) is 17.1 Å². The smallest absolute Gasteiger partial charge is 0.191 e. The minimum Gasteiger partial charge on any atom is -0.399 e. The van der Waals surface area contributed by atoms with Crippen LogP contribution in [-0.2, 0) is 4.74 Å². The van der Waals surface area contributed by atoms with Crippen LogP contribution in [0.3, 0.4) is 0 Å². The molecule has 1 aliphatic heterocycles. The normalized spacial score (nSPS) is 24.8. The van der Waals surface area contributed by atoms with Crippen molar-refractivity contribution in [3.8, 4) is 18.2 Å². The topological polar surface area (TPSA) is 107 Å². The third-order valence-corrected chi connectivity index (χ3v) is 4.66. The SMILES string of the molecule is N#CC1=C(N)C(C#N)(C#N)[C@H](c2ccc(F)cc2)[C@H]2COCC=C12. The van der Waals surface area contributed by atoms with Gasteiger partial charge in [-0.25, -0.2) is 4.39 Å². The van der Waals surface area contributed by atoms with Crippen LogP contribution in [-0.4, -0.2) is 13.2 Å². The molecule has 1 heterocycles. The van der Waals surface area contributed by atoms with Gasteiger partial charge >= 0.3 is 0 Å². The highest BCUT2D eigenvalue weighted by molar-refractivity contribution is 5.59. The molecule has 0 amide bonds. The Morgan fingerprint density at radius 1 is 1.17 bits per heavy atom. The highest BCUT2D eigenvalue weighted by atomic mass is 19.1. The number of fused-ring (bicyclic) bond motifs is 1. The van der Waals surface area contributed by atoms with Crippen LogP contribution in [0.25, 0.3) is 0 Å². The Bertz CT molecular complexity index is 850. The summed E-state index contributed by atoms with van der Waals surface area (Å²) in [7, 11) is 0. The number of halogens is 1. The average molecular weight is 320 g/mol. The maximum Gasteiger partial charge on any atom is 0.191 e. The molecule has 0 radical (unpaired) electrons. The van der Waals surface area contributed by atoms with Gasteiger partial charge in [-0.05, 0) is 23.3 Å². The van der Waals surface area contributed by atoms with Gasteiger partial charge in [-0.1, -0.05) is 18.2 Å². The zero-order valence-electron chi connectivity index (χ0n) is 12.7. The maximum absolute atomic E-state index is 13.3. The van der Waals surface area contributed by atoms with E-state index in [0.29, 0.717) is 17.7 Å². The van der Waals surface area contributed by atoms with Crippen molar-refractivity contribution in [3.63, 3.8) is 0 Å². The van der Waals surface area contributed by atoms with Gasteiger partial charge in [0.15, 0.2) is 5.41 Å². The fraction of sp³-hybridized carbons (Fsp3) is 0.278. The van der Waals surface area contributed by atoms with Gasteiger partial charge in [0.25, 0.3) is 0 Å². The minimum atomic E-state index is -1.70. The number of rotatable bonds is 1. The largest absolute Gasteiger partial charge is 0.399 e. The molecule has 0 fully saturated rings. The summed E-state index contributed by atoms with van der Waals surface area (Å²) in [4.78, 5) is 0. The van der Waals surface area contributed by atoms with Gasteiger partial charge < -0.3 is 10.5 Å². The van der Waals surface area contributed by atoms with Crippen LogP contribution < -0.4 is 5.73 Å². The lowest BCUT2D eigenvalue weighted by molar-refractivity contribution is 0.0979. The Kier molecular flexibility index (Phi) is 3.81. The van der Waals surface area contributed by atoms with Gasteiger partial charge in [0, 0.05) is 11.8 Å². The summed E-state index contributed by atoms with van der Waals surface area (Å²) < 4.78 is 18.8. The third kappa shape index (κ3) is 2.07. The van der Waals surface area contributed by atoms with Crippen LogP contribution in [0.2, 0.25) is 0 Å². The molecule has 2 N–H and O–H groups in total. The molecule has 6 heteroatoms. The average Bonchev–Trinajstić information content (AvgIpc) is 2.62. The first kappa shape index (κ1) is 15.7. The van der Waals surface area contributed by atoms with Crippen molar-refractivity contribution in [1.82, 2.24) is 0 Å². The van der Waals surface area contributed by atoms with Crippen LogP contribution in [0.4, 0.5) is 4.39 Å². The summed E-state index contributed by atoms with van der Waals surface area (Å²) >= 11 is 0. The predicted molar refractivity (Wildman–Crippen MR) is 82.0 cm³/mol. The highest BCUT2D eigenvalue weighted by Crippen LogP contribution is 2.53. The second-order valence-electron chi connectivity index (χ2n) is 5.76. The first-order chi connectivity index (χ1) is 11.6. The molecule has 3 rings (SSSR count). The summed E-state index contributed by atoms with van der Waals surface area (Å²) in [6.45, 7) is 0.601. The number of allylic oxidation sites excluding steroid dienone is 2. The highest BCUT2D eigenvalue weighted by Gasteiger charge is 2.54. The number of ether oxygens (including phenoxy) is 1. The number of nitriles is 3. The molecule has 0 bridgehead atoms. The molecule has 1 aliphatic carbocycles. The Balaban J connectivity index is 2.31. The van der Waals surface area contributed by atoms with Crippen LogP contribution in [0, 0.1) is 51.1 Å². The second kappa shape index (κ2) is 5.81. The number of hydrogen-bond acceptors (Lipinski definition) is 5. The molecular formula is C18H13FN4O. The zero-order chi connectivity index (χ0) is 17.3. The Morgan fingerprint density at radius 2 is 1.83 bits per heavy atom. The lowest BCUT2D eigenvalue weighted by Gasteiger charge is -2.43. The van der Waals surface area contributed by atoms with Gasteiger partial charge in [0.05, 0.1) is 36.6 Å². The summed E-state index contributed by atoms with van der Waals surface area (Å²) in [6.07, 6.45) is 1.76. The second-order valence-corrected chi connectivity index (χ2v) is 5.76. The van der Waals surface area contributed by atoms with E-state index < -0.39 is 17.2 Å². The maximum atomic E-state index is 13.3. The molecular weight excluding hydrogens is 307 g/mol. The standard InChI is InChI=1S/C18H13FN4O/c19-12-3-1-11(2-4-12)16-15-8-24-6-5-13(15)14(7-20)17(23)18(16,9-21)10-22/h1-5,15-16H,6,8,23H2/t15-,16+/m0/s1. The monoisotopic (exact) mass is 320 g/mol. The van der Waals surface area contributed by atoms with E-state index >= 15 is 0 Å². The van der Waals surface area contributed by atoms with E-state index in [-0.39, 0.29) is 23.8 Å². The third-order valence-electron chi connectivity index (χ3n) is 4.66. The van der Waals surface area contributed by atoms with Crippen molar-refractivity contribution in [1.29, 1.82) is 15.8 Å². The van der Waals surface area contributed by atoms with Crippen molar-refractivity contribution >= 4 is 0 Å². The molecule has 1 aromatic carbocycles. The predicted octanol–water partition coefficient (Wildman–Crippen LogP) is 2.27. The summed E-state index contributed by atoms with van der Waals surface area (Å²) in [6, 6.07) is 11.7. The molecule has 0 saturated carbocycles. The Labute approximate surface area is 138 Å². The van der Waals surface area contributed by atoms with E-state index in [1.807, 2.05) is 18.2 Å². The number of benzene rings is 1. The van der Waals surface area contributed by atoms with Crippen LogP contribution in [0.1, 0.15) is 11.5 Å².